The summed E-state index contributed by atoms with van der Waals surface area (Å²) < 4.78 is 0. The van der Waals surface area contributed by atoms with Crippen molar-refractivity contribution in [1.29, 1.82) is 0 Å². The molecule has 1 aliphatic heterocycles. The summed E-state index contributed by atoms with van der Waals surface area (Å²) >= 11 is 0. The minimum absolute atomic E-state index is 0.0195. The summed E-state index contributed by atoms with van der Waals surface area (Å²) in [5, 5.41) is 14.0. The van der Waals surface area contributed by atoms with Gasteiger partial charge >= 0.3 is 0 Å². The lowest BCUT2D eigenvalue weighted by Crippen LogP contribution is -2.89. The summed E-state index contributed by atoms with van der Waals surface area (Å²) in [5.74, 6) is 0.0771. The first-order chi connectivity index (χ1) is 18.5. The number of carbonyl (C=O) groups excluding carboxylic acids is 2. The Morgan fingerprint density at radius 2 is 1.32 bits per heavy atom. The second-order valence-corrected chi connectivity index (χ2v) is 13.8. The van der Waals surface area contributed by atoms with Gasteiger partial charge in [-0.25, -0.2) is 0 Å². The molecular weight excluding hydrogens is 522 g/mol. The minimum atomic E-state index is -0.711. The number of aliphatic imine (C=N–C) groups is 2. The molecule has 0 radical (unpaired) electrons. The van der Waals surface area contributed by atoms with Crippen molar-refractivity contribution in [2.45, 2.75) is 141 Å². The molecule has 0 aliphatic carbocycles. The molecule has 0 spiro atoms. The average Bonchev–Trinajstić information content (AvgIpc) is 2.80. The van der Waals surface area contributed by atoms with Crippen LogP contribution in [0.15, 0.2) is 9.98 Å². The fourth-order valence-electron chi connectivity index (χ4n) is 5.93. The topological polar surface area (TPSA) is 237 Å². The number of hydrogen-bond donors (Lipinski definition) is 9. The number of amides is 2. The van der Waals surface area contributed by atoms with Crippen LogP contribution >= 0.6 is 0 Å². The van der Waals surface area contributed by atoms with Crippen LogP contribution < -0.4 is 49.9 Å². The van der Waals surface area contributed by atoms with Crippen LogP contribution in [0.3, 0.4) is 0 Å². The van der Waals surface area contributed by atoms with Crippen molar-refractivity contribution in [1.82, 2.24) is 21.3 Å². The molecule has 14 N–H and O–H groups in total. The van der Waals surface area contributed by atoms with E-state index in [9.17, 15) is 9.59 Å². The molecule has 41 heavy (non-hydrogen) atoms. The second-order valence-electron chi connectivity index (χ2n) is 13.8. The fourth-order valence-corrected chi connectivity index (χ4v) is 5.93. The molecule has 1 aliphatic rings. The second kappa shape index (κ2) is 13.7. The molecule has 1 heterocycles. The predicted octanol–water partition coefficient (Wildman–Crippen LogP) is -0.481. The highest BCUT2D eigenvalue weighted by molar-refractivity contribution is 5.83. The van der Waals surface area contributed by atoms with Crippen molar-refractivity contribution in [3.8, 4) is 0 Å². The lowest BCUT2D eigenvalue weighted by atomic mass is 9.62. The van der Waals surface area contributed by atoms with Crippen LogP contribution in [0, 0.1) is 0 Å². The number of amidine groups is 1. The van der Waals surface area contributed by atoms with Crippen LogP contribution in [0.4, 0.5) is 0 Å². The van der Waals surface area contributed by atoms with Crippen molar-refractivity contribution in [3.05, 3.63) is 0 Å². The molecule has 13 heteroatoms. The Morgan fingerprint density at radius 1 is 0.854 bits per heavy atom. The van der Waals surface area contributed by atoms with E-state index >= 15 is 0 Å². The average molecular weight is 582 g/mol. The van der Waals surface area contributed by atoms with Gasteiger partial charge in [-0.05, 0) is 94.9 Å². The number of nitrogens with zero attached hydrogens (tertiary/aromatic N) is 2. The van der Waals surface area contributed by atoms with E-state index in [-0.39, 0.29) is 23.8 Å². The summed E-state index contributed by atoms with van der Waals surface area (Å²) in [6.07, 6.45) is 2.22. The Labute approximate surface area is 247 Å². The maximum Gasteiger partial charge on any atom is 0.237 e. The highest BCUT2D eigenvalue weighted by Gasteiger charge is 2.61. The van der Waals surface area contributed by atoms with Gasteiger partial charge in [0, 0.05) is 30.2 Å². The zero-order chi connectivity index (χ0) is 32.0. The Morgan fingerprint density at radius 3 is 1.78 bits per heavy atom. The number of guanidine groups is 1. The minimum Gasteiger partial charge on any atom is -0.388 e. The summed E-state index contributed by atoms with van der Waals surface area (Å²) in [6.45, 7) is 21.1. The lowest BCUT2D eigenvalue weighted by molar-refractivity contribution is -0.129. The van der Waals surface area contributed by atoms with Crippen LogP contribution in [0.25, 0.3) is 0 Å². The molecule has 0 aromatic heterocycles. The van der Waals surface area contributed by atoms with E-state index in [1.54, 1.807) is 6.92 Å². The first-order valence-electron chi connectivity index (χ1n) is 14.5. The quantitative estimate of drug-likeness (QED) is 0.0730. The molecule has 0 bridgehead atoms. The number of nitrogens with two attached hydrogens (primary N) is 5. The third kappa shape index (κ3) is 9.52. The van der Waals surface area contributed by atoms with Crippen molar-refractivity contribution in [3.63, 3.8) is 0 Å². The van der Waals surface area contributed by atoms with E-state index in [0.29, 0.717) is 44.6 Å². The van der Waals surface area contributed by atoms with Crippen molar-refractivity contribution in [2.24, 2.45) is 38.7 Å². The molecular formula is C28H59N11O2. The molecule has 13 nitrogen and oxygen atoms in total. The van der Waals surface area contributed by atoms with Gasteiger partial charge in [-0.3, -0.25) is 19.6 Å². The monoisotopic (exact) mass is 581 g/mol. The largest absolute Gasteiger partial charge is 0.388 e. The number of hydrogen-bond acceptors (Lipinski definition) is 8. The van der Waals surface area contributed by atoms with Gasteiger partial charge in [-0.1, -0.05) is 0 Å². The van der Waals surface area contributed by atoms with Crippen molar-refractivity contribution >= 4 is 23.6 Å². The summed E-state index contributed by atoms with van der Waals surface area (Å²) in [7, 11) is 0. The van der Waals surface area contributed by atoms with Gasteiger partial charge in [0.05, 0.1) is 34.5 Å². The zero-order valence-corrected chi connectivity index (χ0v) is 27.1. The molecule has 4 unspecified atom stereocenters. The summed E-state index contributed by atoms with van der Waals surface area (Å²) in [6, 6.07) is -1.55. The molecule has 238 valence electrons. The third-order valence-corrected chi connectivity index (χ3v) is 8.58. The van der Waals surface area contributed by atoms with E-state index in [2.05, 4.69) is 65.9 Å². The van der Waals surface area contributed by atoms with Gasteiger partial charge < -0.3 is 49.9 Å². The van der Waals surface area contributed by atoms with E-state index < -0.39 is 39.8 Å². The van der Waals surface area contributed by atoms with Crippen LogP contribution in [0.2, 0.25) is 0 Å². The fraction of sp³-hybridized carbons (Fsp3) is 0.857. The lowest BCUT2D eigenvalue weighted by Gasteiger charge is -2.66. The number of piperazine rings is 1. The van der Waals surface area contributed by atoms with E-state index in [4.69, 9.17) is 28.7 Å². The van der Waals surface area contributed by atoms with E-state index in [1.807, 2.05) is 27.7 Å². The van der Waals surface area contributed by atoms with Gasteiger partial charge in [-0.15, -0.1) is 0 Å². The van der Waals surface area contributed by atoms with Crippen LogP contribution in [-0.4, -0.2) is 82.5 Å². The standard InChI is InChI=1S/C28H59N11O2/c1-17(29)34-15-11-13-19(31)21(41)37-26(6,7)28(10)27(8,9)38-22(25(4,5)39-28)24(2,3)36-20(40)18(30)14-12-16-35-23(32)33/h18-19,22,38-39H,11-16,30-31H2,1-10H3,(H2,29,34)(H,36,40)(H,37,41)(H4,32,33,35). The molecule has 0 saturated carbocycles. The number of nitrogens with one attached hydrogen (secondary N) is 4. The molecule has 1 rings (SSSR count). The summed E-state index contributed by atoms with van der Waals surface area (Å²) in [5.41, 5.74) is 25.7. The number of rotatable bonds is 14. The van der Waals surface area contributed by atoms with Crippen LogP contribution in [-0.2, 0) is 9.59 Å². The van der Waals surface area contributed by atoms with Crippen LogP contribution in [0.5, 0.6) is 0 Å². The first-order valence-corrected chi connectivity index (χ1v) is 14.5. The Balaban J connectivity index is 3.03. The van der Waals surface area contributed by atoms with E-state index in [0.717, 1.165) is 0 Å². The Kier molecular flexibility index (Phi) is 12.2. The highest BCUT2D eigenvalue weighted by Crippen LogP contribution is 2.41. The van der Waals surface area contributed by atoms with Gasteiger partial charge in [0.2, 0.25) is 11.8 Å². The number of carbonyl (C=O) groups is 2. The zero-order valence-electron chi connectivity index (χ0n) is 27.1. The maximum absolute atomic E-state index is 13.2. The van der Waals surface area contributed by atoms with Gasteiger partial charge in [0.15, 0.2) is 5.96 Å². The van der Waals surface area contributed by atoms with E-state index in [1.165, 1.54) is 0 Å². The summed E-state index contributed by atoms with van der Waals surface area (Å²) in [4.78, 5) is 34.3. The predicted molar refractivity (Wildman–Crippen MR) is 168 cm³/mol. The first kappa shape index (κ1) is 36.5. The SMILES string of the molecule is CC(N)=NCCCC(N)C(=O)NC(C)(C)C1(C)NC(C)(C)C(C(C)(C)NC(=O)C(N)CCCN=C(N)N)NC1(C)C. The van der Waals surface area contributed by atoms with Crippen molar-refractivity contribution < 1.29 is 9.59 Å². The molecule has 1 fully saturated rings. The van der Waals surface area contributed by atoms with Gasteiger partial charge in [-0.2, -0.15) is 0 Å². The third-order valence-electron chi connectivity index (χ3n) is 8.58. The molecule has 4 atom stereocenters. The highest BCUT2D eigenvalue weighted by atomic mass is 16.2. The van der Waals surface area contributed by atoms with Crippen molar-refractivity contribution in [2.75, 3.05) is 13.1 Å². The van der Waals surface area contributed by atoms with Crippen LogP contribution in [0.1, 0.15) is 94.9 Å². The smallest absolute Gasteiger partial charge is 0.237 e. The Hall–Kier alpha value is -2.48. The molecule has 0 aromatic rings. The molecule has 2 amide bonds. The van der Waals surface area contributed by atoms with Gasteiger partial charge in [0.1, 0.15) is 0 Å². The molecule has 1 saturated heterocycles. The molecule has 0 aromatic carbocycles. The Bertz CT molecular complexity index is 966. The normalized spacial score (nSPS) is 24.2. The van der Waals surface area contributed by atoms with Gasteiger partial charge in [0.25, 0.3) is 0 Å². The maximum atomic E-state index is 13.2.